The van der Waals surface area contributed by atoms with Gasteiger partial charge in [0, 0.05) is 0 Å². The molecule has 1 aliphatic carbocycles. The predicted molar refractivity (Wildman–Crippen MR) is 85.8 cm³/mol. The Morgan fingerprint density at radius 3 is 1.62 bits per heavy atom. The van der Waals surface area contributed by atoms with Gasteiger partial charge in [0.25, 0.3) is 0 Å². The summed E-state index contributed by atoms with van der Waals surface area (Å²) >= 11 is 0.149. The van der Waals surface area contributed by atoms with Crippen LogP contribution in [0.25, 0.3) is 0 Å². The molecule has 2 unspecified atom stereocenters. The third kappa shape index (κ3) is 9.93. The van der Waals surface area contributed by atoms with E-state index in [0.29, 0.717) is 12.8 Å². The molecule has 5 heteroatoms. The molecule has 0 bridgehead atoms. The fraction of sp³-hybridized carbons (Fsp3) is 0.750. The smallest absolute Gasteiger partial charge is 0.307 e. The number of unbranched alkanes of at least 4 members (excludes halogenated alkanes) is 2. The summed E-state index contributed by atoms with van der Waals surface area (Å²) in [6.07, 6.45) is 9.93. The summed E-state index contributed by atoms with van der Waals surface area (Å²) in [6.45, 7) is 4.58. The number of allylic oxidation sites excluding steroid dienone is 2. The summed E-state index contributed by atoms with van der Waals surface area (Å²) < 4.78 is 3.25. The van der Waals surface area contributed by atoms with Crippen molar-refractivity contribution in [3.05, 3.63) is 12.2 Å². The van der Waals surface area contributed by atoms with E-state index >= 15 is 0 Å². The van der Waals surface area contributed by atoms with Crippen molar-refractivity contribution in [2.24, 2.45) is 11.8 Å². The number of hydrogen-bond acceptors (Lipinski definition) is 2. The quantitative estimate of drug-likeness (QED) is 0.367. The topological polar surface area (TPSA) is 74.6 Å². The van der Waals surface area contributed by atoms with Gasteiger partial charge in [-0.15, -0.1) is 0 Å². The number of rotatable bonds is 8. The van der Waals surface area contributed by atoms with Gasteiger partial charge < -0.3 is 10.2 Å². The van der Waals surface area contributed by atoms with Crippen LogP contribution in [0.2, 0.25) is 8.87 Å². The first kappa shape index (κ1) is 20.5. The molecule has 0 aromatic carbocycles. The fourth-order valence-electron chi connectivity index (χ4n) is 2.09. The molecule has 0 heterocycles. The van der Waals surface area contributed by atoms with E-state index in [9.17, 15) is 9.59 Å². The average molecular weight is 403 g/mol. The van der Waals surface area contributed by atoms with Gasteiger partial charge in [0.1, 0.15) is 0 Å². The number of aliphatic carboxylic acids is 2. The molecule has 2 N–H and O–H groups in total. The first-order valence-corrected chi connectivity index (χ1v) is 11.9. The van der Waals surface area contributed by atoms with E-state index in [4.69, 9.17) is 10.2 Å². The first-order chi connectivity index (χ1) is 10.0. The summed E-state index contributed by atoms with van der Waals surface area (Å²) in [5.41, 5.74) is 0. The molecule has 0 aromatic rings. The zero-order valence-corrected chi connectivity index (χ0v) is 16.0. The van der Waals surface area contributed by atoms with E-state index in [-0.39, 0.29) is 21.1 Å². The second kappa shape index (κ2) is 13.2. The van der Waals surface area contributed by atoms with E-state index in [1.165, 1.54) is 25.7 Å². The third-order valence-electron chi connectivity index (χ3n) is 3.48. The van der Waals surface area contributed by atoms with Crippen LogP contribution < -0.4 is 0 Å². The molecule has 0 saturated heterocycles. The Hall–Kier alpha value is -0.521. The van der Waals surface area contributed by atoms with Crippen LogP contribution in [0.15, 0.2) is 12.2 Å². The molecular weight excluding hydrogens is 375 g/mol. The number of carbonyl (C=O) groups is 2. The SMILES string of the molecule is CCC[CH2][Sn][CH2]CCC.O=C(O)C1CC=CCC1C(=O)O. The van der Waals surface area contributed by atoms with Crippen molar-refractivity contribution in [2.45, 2.75) is 61.2 Å². The van der Waals surface area contributed by atoms with Gasteiger partial charge in [-0.05, 0) is 12.8 Å². The van der Waals surface area contributed by atoms with Crippen LogP contribution in [0, 0.1) is 11.8 Å². The van der Waals surface area contributed by atoms with E-state index in [1.807, 2.05) is 0 Å². The Morgan fingerprint density at radius 1 is 0.952 bits per heavy atom. The molecule has 0 aliphatic heterocycles. The minimum Gasteiger partial charge on any atom is -0.481 e. The first-order valence-electron chi connectivity index (χ1n) is 7.85. The van der Waals surface area contributed by atoms with Crippen LogP contribution in [0.4, 0.5) is 0 Å². The zero-order valence-electron chi connectivity index (χ0n) is 13.2. The second-order valence-electron chi connectivity index (χ2n) is 5.29. The van der Waals surface area contributed by atoms with Gasteiger partial charge in [0.15, 0.2) is 0 Å². The summed E-state index contributed by atoms with van der Waals surface area (Å²) in [5.74, 6) is -3.56. The van der Waals surface area contributed by atoms with Crippen LogP contribution in [0.1, 0.15) is 52.4 Å². The summed E-state index contributed by atoms with van der Waals surface area (Å²) in [5, 5.41) is 17.3. The maximum Gasteiger partial charge on any atom is 0.307 e. The molecular formula is C16H28O4Sn. The minimum absolute atomic E-state index is 0.149. The number of hydrogen-bond donors (Lipinski definition) is 2. The summed E-state index contributed by atoms with van der Waals surface area (Å²) in [7, 11) is 0. The molecule has 21 heavy (non-hydrogen) atoms. The average Bonchev–Trinajstić information content (AvgIpc) is 2.48. The van der Waals surface area contributed by atoms with Crippen molar-refractivity contribution in [1.29, 1.82) is 0 Å². The Bertz CT molecular complexity index is 298. The molecule has 2 atom stereocenters. The maximum absolute atomic E-state index is 10.6. The fourth-order valence-corrected chi connectivity index (χ4v) is 6.25. The van der Waals surface area contributed by atoms with Crippen molar-refractivity contribution in [3.8, 4) is 0 Å². The molecule has 2 radical (unpaired) electrons. The van der Waals surface area contributed by atoms with Crippen LogP contribution in [-0.4, -0.2) is 43.3 Å². The van der Waals surface area contributed by atoms with E-state index in [2.05, 4.69) is 13.8 Å². The monoisotopic (exact) mass is 404 g/mol. The Morgan fingerprint density at radius 2 is 1.33 bits per heavy atom. The van der Waals surface area contributed by atoms with Gasteiger partial charge in [0.05, 0.1) is 11.8 Å². The van der Waals surface area contributed by atoms with Gasteiger partial charge in [-0.25, -0.2) is 0 Å². The van der Waals surface area contributed by atoms with E-state index in [1.54, 1.807) is 21.0 Å². The normalized spacial score (nSPS) is 20.5. The van der Waals surface area contributed by atoms with Crippen molar-refractivity contribution < 1.29 is 19.8 Å². The molecule has 0 spiro atoms. The molecule has 0 fully saturated rings. The predicted octanol–water partition coefficient (Wildman–Crippen LogP) is 3.87. The van der Waals surface area contributed by atoms with Crippen LogP contribution >= 0.6 is 0 Å². The zero-order chi connectivity index (χ0) is 16.1. The van der Waals surface area contributed by atoms with Crippen LogP contribution in [0.3, 0.4) is 0 Å². The Labute approximate surface area is 138 Å². The minimum atomic E-state index is -1.02. The molecule has 120 valence electrons. The van der Waals surface area contributed by atoms with Gasteiger partial charge >= 0.3 is 81.5 Å². The van der Waals surface area contributed by atoms with Crippen molar-refractivity contribution in [1.82, 2.24) is 0 Å². The van der Waals surface area contributed by atoms with Gasteiger partial charge in [-0.1, -0.05) is 12.2 Å². The van der Waals surface area contributed by atoms with Crippen molar-refractivity contribution in [2.75, 3.05) is 0 Å². The summed E-state index contributed by atoms with van der Waals surface area (Å²) in [4.78, 5) is 21.1. The second-order valence-corrected chi connectivity index (χ2v) is 9.57. The molecule has 0 aromatic heterocycles. The third-order valence-corrected chi connectivity index (χ3v) is 7.52. The van der Waals surface area contributed by atoms with Crippen LogP contribution in [0.5, 0.6) is 0 Å². The Kier molecular flexibility index (Phi) is 12.8. The molecule has 4 nitrogen and oxygen atoms in total. The maximum atomic E-state index is 10.6. The molecule has 1 aliphatic rings. The molecule has 0 amide bonds. The Balaban J connectivity index is 0.000000400. The van der Waals surface area contributed by atoms with Gasteiger partial charge in [-0.3, -0.25) is 9.59 Å². The van der Waals surface area contributed by atoms with Crippen LogP contribution in [-0.2, 0) is 9.59 Å². The van der Waals surface area contributed by atoms with Gasteiger partial charge in [-0.2, -0.15) is 0 Å². The van der Waals surface area contributed by atoms with Crippen molar-refractivity contribution in [3.63, 3.8) is 0 Å². The van der Waals surface area contributed by atoms with E-state index < -0.39 is 23.8 Å². The van der Waals surface area contributed by atoms with E-state index in [0.717, 1.165) is 0 Å². The molecule has 0 saturated carbocycles. The largest absolute Gasteiger partial charge is 0.481 e. The number of carboxylic acid groups (broad SMARTS) is 2. The van der Waals surface area contributed by atoms with Gasteiger partial charge in [0.2, 0.25) is 0 Å². The summed E-state index contributed by atoms with van der Waals surface area (Å²) in [6, 6.07) is 0. The molecule has 1 rings (SSSR count). The number of carboxylic acids is 2. The van der Waals surface area contributed by atoms with Crippen molar-refractivity contribution >= 4 is 33.1 Å². The standard InChI is InChI=1S/C8H10O4.2C4H9.Sn/c9-7(10)5-3-1-2-4-6(5)8(11)12;2*1-3-4-2;/h1-2,5-6H,3-4H2,(H,9,10)(H,11,12);2*1,3-4H2,2H3;.